The second kappa shape index (κ2) is 12.0. The van der Waals surface area contributed by atoms with E-state index in [0.717, 1.165) is 51.6 Å². The first-order valence-electron chi connectivity index (χ1n) is 6.90. The van der Waals surface area contributed by atoms with Crippen LogP contribution >= 0.6 is 24.0 Å². The first-order chi connectivity index (χ1) is 8.38. The Kier molecular flexibility index (Phi) is 12.0. The second-order valence-electron chi connectivity index (χ2n) is 4.48. The minimum atomic E-state index is 0. The number of ether oxygens (including phenoxy) is 1. The SMILES string of the molecule is CCNC(=NCCCCCOC)N1CCCC1.I. The summed E-state index contributed by atoms with van der Waals surface area (Å²) >= 11 is 0. The summed E-state index contributed by atoms with van der Waals surface area (Å²) in [5.41, 5.74) is 0. The maximum absolute atomic E-state index is 5.03. The lowest BCUT2D eigenvalue weighted by atomic mass is 10.2. The van der Waals surface area contributed by atoms with E-state index >= 15 is 0 Å². The number of hydrogen-bond acceptors (Lipinski definition) is 2. The van der Waals surface area contributed by atoms with Crippen molar-refractivity contribution in [3.05, 3.63) is 0 Å². The summed E-state index contributed by atoms with van der Waals surface area (Å²) in [4.78, 5) is 7.06. The molecule has 108 valence electrons. The lowest BCUT2D eigenvalue weighted by Crippen LogP contribution is -2.39. The van der Waals surface area contributed by atoms with Gasteiger partial charge in [-0.1, -0.05) is 0 Å². The van der Waals surface area contributed by atoms with Crippen molar-refractivity contribution in [3.63, 3.8) is 0 Å². The molecule has 0 radical (unpaired) electrons. The molecule has 0 atom stereocenters. The lowest BCUT2D eigenvalue weighted by molar-refractivity contribution is 0.192. The standard InChI is InChI=1S/C13H27N3O.HI/c1-3-14-13(16-10-6-7-11-16)15-9-5-4-8-12-17-2;/h3-12H2,1-2H3,(H,14,15);1H. The van der Waals surface area contributed by atoms with Crippen molar-refractivity contribution in [2.45, 2.75) is 39.0 Å². The van der Waals surface area contributed by atoms with E-state index in [0.29, 0.717) is 0 Å². The average Bonchev–Trinajstić information content (AvgIpc) is 2.86. The van der Waals surface area contributed by atoms with Crippen molar-refractivity contribution in [3.8, 4) is 0 Å². The van der Waals surface area contributed by atoms with E-state index in [1.165, 1.54) is 19.3 Å². The molecule has 0 saturated carbocycles. The van der Waals surface area contributed by atoms with Crippen molar-refractivity contribution in [1.82, 2.24) is 10.2 Å². The Balaban J connectivity index is 0.00000289. The molecular formula is C13H28IN3O. The maximum Gasteiger partial charge on any atom is 0.193 e. The molecule has 1 aliphatic rings. The van der Waals surface area contributed by atoms with Gasteiger partial charge in [-0.25, -0.2) is 0 Å². The molecule has 0 aromatic heterocycles. The first-order valence-corrected chi connectivity index (χ1v) is 6.90. The molecule has 1 saturated heterocycles. The van der Waals surface area contributed by atoms with Crippen LogP contribution in [0.25, 0.3) is 0 Å². The van der Waals surface area contributed by atoms with Gasteiger partial charge in [0.05, 0.1) is 0 Å². The van der Waals surface area contributed by atoms with E-state index in [-0.39, 0.29) is 24.0 Å². The van der Waals surface area contributed by atoms with Crippen LogP contribution in [0.5, 0.6) is 0 Å². The lowest BCUT2D eigenvalue weighted by Gasteiger charge is -2.20. The molecule has 0 unspecified atom stereocenters. The van der Waals surface area contributed by atoms with Gasteiger partial charge in [0.15, 0.2) is 5.96 Å². The highest BCUT2D eigenvalue weighted by molar-refractivity contribution is 14.0. The number of methoxy groups -OCH3 is 1. The summed E-state index contributed by atoms with van der Waals surface area (Å²) in [6.45, 7) is 7.21. The number of guanidine groups is 1. The van der Waals surface area contributed by atoms with E-state index in [1.54, 1.807) is 7.11 Å². The van der Waals surface area contributed by atoms with Crippen LogP contribution in [-0.4, -0.2) is 50.8 Å². The van der Waals surface area contributed by atoms with Crippen molar-refractivity contribution in [1.29, 1.82) is 0 Å². The molecule has 5 heteroatoms. The smallest absolute Gasteiger partial charge is 0.193 e. The normalized spacial score (nSPS) is 15.7. The van der Waals surface area contributed by atoms with Crippen molar-refractivity contribution in [2.75, 3.05) is 39.9 Å². The molecule has 1 rings (SSSR count). The third-order valence-corrected chi connectivity index (χ3v) is 3.01. The fourth-order valence-corrected chi connectivity index (χ4v) is 2.07. The van der Waals surface area contributed by atoms with Crippen LogP contribution in [0.15, 0.2) is 4.99 Å². The molecule has 1 fully saturated rings. The Labute approximate surface area is 129 Å². The van der Waals surface area contributed by atoms with Crippen LogP contribution in [0, 0.1) is 0 Å². The highest BCUT2D eigenvalue weighted by Crippen LogP contribution is 2.07. The van der Waals surface area contributed by atoms with Gasteiger partial charge in [-0.3, -0.25) is 4.99 Å². The van der Waals surface area contributed by atoms with Gasteiger partial charge in [0.25, 0.3) is 0 Å². The summed E-state index contributed by atoms with van der Waals surface area (Å²) in [5.74, 6) is 1.11. The predicted molar refractivity (Wildman–Crippen MR) is 87.9 cm³/mol. The first kappa shape index (κ1) is 18.0. The largest absolute Gasteiger partial charge is 0.385 e. The van der Waals surface area contributed by atoms with E-state index < -0.39 is 0 Å². The van der Waals surface area contributed by atoms with Crippen LogP contribution in [0.1, 0.15) is 39.0 Å². The molecular weight excluding hydrogens is 341 g/mol. The third kappa shape index (κ3) is 7.41. The summed E-state index contributed by atoms with van der Waals surface area (Å²) in [6, 6.07) is 0. The number of halogens is 1. The van der Waals surface area contributed by atoms with Crippen molar-refractivity contribution in [2.24, 2.45) is 4.99 Å². The van der Waals surface area contributed by atoms with Crippen LogP contribution in [-0.2, 0) is 4.74 Å². The zero-order valence-electron chi connectivity index (χ0n) is 11.8. The molecule has 0 spiro atoms. The highest BCUT2D eigenvalue weighted by atomic mass is 127. The summed E-state index contributed by atoms with van der Waals surface area (Å²) < 4.78 is 5.03. The minimum absolute atomic E-state index is 0. The van der Waals surface area contributed by atoms with Crippen LogP contribution in [0.4, 0.5) is 0 Å². The summed E-state index contributed by atoms with van der Waals surface area (Å²) in [5, 5.41) is 3.38. The fourth-order valence-electron chi connectivity index (χ4n) is 2.07. The number of nitrogens with zero attached hydrogens (tertiary/aromatic N) is 2. The Hall–Kier alpha value is -0.0400. The van der Waals surface area contributed by atoms with Crippen LogP contribution in [0.2, 0.25) is 0 Å². The molecule has 0 bridgehead atoms. The summed E-state index contributed by atoms with van der Waals surface area (Å²) in [7, 11) is 1.76. The predicted octanol–water partition coefficient (Wildman–Crippen LogP) is 2.48. The van der Waals surface area contributed by atoms with Crippen LogP contribution in [0.3, 0.4) is 0 Å². The quantitative estimate of drug-likeness (QED) is 0.324. The maximum atomic E-state index is 5.03. The van der Waals surface area contributed by atoms with Gasteiger partial charge in [-0.2, -0.15) is 0 Å². The second-order valence-corrected chi connectivity index (χ2v) is 4.48. The third-order valence-electron chi connectivity index (χ3n) is 3.01. The van der Waals surface area contributed by atoms with E-state index in [4.69, 9.17) is 4.74 Å². The Bertz CT molecular complexity index is 218. The highest BCUT2D eigenvalue weighted by Gasteiger charge is 2.14. The topological polar surface area (TPSA) is 36.9 Å². The van der Waals surface area contributed by atoms with E-state index in [9.17, 15) is 0 Å². The monoisotopic (exact) mass is 369 g/mol. The molecule has 0 amide bonds. The Morgan fingerprint density at radius 3 is 2.56 bits per heavy atom. The van der Waals surface area contributed by atoms with Gasteiger partial charge in [0, 0.05) is 39.9 Å². The molecule has 0 aromatic carbocycles. The molecule has 0 aromatic rings. The number of hydrogen-bond donors (Lipinski definition) is 1. The van der Waals surface area contributed by atoms with Gasteiger partial charge in [-0.05, 0) is 39.0 Å². The number of unbranched alkanes of at least 4 members (excludes halogenated alkanes) is 2. The molecule has 18 heavy (non-hydrogen) atoms. The van der Waals surface area contributed by atoms with Gasteiger partial charge in [0.2, 0.25) is 0 Å². The van der Waals surface area contributed by atoms with Crippen molar-refractivity contribution >= 4 is 29.9 Å². The number of rotatable bonds is 7. The number of nitrogens with one attached hydrogen (secondary N) is 1. The Morgan fingerprint density at radius 1 is 1.22 bits per heavy atom. The van der Waals surface area contributed by atoms with Gasteiger partial charge in [0.1, 0.15) is 0 Å². The van der Waals surface area contributed by atoms with E-state index in [2.05, 4.69) is 22.1 Å². The fraction of sp³-hybridized carbons (Fsp3) is 0.923. The van der Waals surface area contributed by atoms with Crippen molar-refractivity contribution < 1.29 is 4.74 Å². The molecule has 4 nitrogen and oxygen atoms in total. The zero-order chi connectivity index (χ0) is 12.3. The van der Waals surface area contributed by atoms with Gasteiger partial charge in [-0.15, -0.1) is 24.0 Å². The van der Waals surface area contributed by atoms with Gasteiger partial charge < -0.3 is 15.0 Å². The molecule has 1 aliphatic heterocycles. The average molecular weight is 369 g/mol. The van der Waals surface area contributed by atoms with Gasteiger partial charge >= 0.3 is 0 Å². The molecule has 1 N–H and O–H groups in total. The minimum Gasteiger partial charge on any atom is -0.385 e. The number of likely N-dealkylation sites (tertiary alicyclic amines) is 1. The summed E-state index contributed by atoms with van der Waals surface area (Å²) in [6.07, 6.45) is 6.12. The van der Waals surface area contributed by atoms with Crippen LogP contribution < -0.4 is 5.32 Å². The molecule has 1 heterocycles. The Morgan fingerprint density at radius 2 is 1.94 bits per heavy atom. The number of aliphatic imine (C=N–C) groups is 1. The molecule has 0 aliphatic carbocycles. The van der Waals surface area contributed by atoms with E-state index in [1.807, 2.05) is 0 Å². The zero-order valence-corrected chi connectivity index (χ0v) is 14.1.